The predicted octanol–water partition coefficient (Wildman–Crippen LogP) is 2.35. The molecule has 0 N–H and O–H groups in total. The van der Waals surface area contributed by atoms with E-state index in [0.29, 0.717) is 6.07 Å². The highest BCUT2D eigenvalue weighted by Crippen LogP contribution is 2.23. The number of benzene rings is 1. The minimum Gasteiger partial charge on any atom is -0.496 e. The van der Waals surface area contributed by atoms with Gasteiger partial charge < -0.3 is 4.74 Å². The molecule has 0 aliphatic rings. The second kappa shape index (κ2) is 3.70. The van der Waals surface area contributed by atoms with Gasteiger partial charge in [-0.15, -0.1) is 0 Å². The third kappa shape index (κ3) is 1.95. The Bertz CT molecular complexity index is 352. The lowest BCUT2D eigenvalue weighted by Crippen LogP contribution is -1.98. The Morgan fingerprint density at radius 1 is 1.38 bits per heavy atom. The molecule has 0 amide bonds. The molecule has 0 fully saturated rings. The second-order valence-corrected chi connectivity index (χ2v) is 2.58. The Balaban J connectivity index is 3.33. The molecular weight excluding hydrogens is 202 g/mol. The number of methoxy groups -OCH3 is 1. The zero-order valence-corrected chi connectivity index (χ0v) is 7.36. The van der Waals surface area contributed by atoms with Crippen molar-refractivity contribution in [3.05, 3.63) is 29.3 Å². The van der Waals surface area contributed by atoms with Gasteiger partial charge in [-0.2, -0.15) is 0 Å². The predicted molar refractivity (Wildman–Crippen MR) is 43.1 cm³/mol. The Hall–Kier alpha value is -1.16. The molecule has 0 aliphatic carbocycles. The molecule has 5 heteroatoms. The molecule has 1 aromatic carbocycles. The quantitative estimate of drug-likeness (QED) is 0.695. The van der Waals surface area contributed by atoms with Gasteiger partial charge in [0.15, 0.2) is 11.6 Å². The summed E-state index contributed by atoms with van der Waals surface area (Å²) in [5, 5.41) is -0.893. The summed E-state index contributed by atoms with van der Waals surface area (Å²) in [6.07, 6.45) is 0. The van der Waals surface area contributed by atoms with E-state index in [0.717, 1.165) is 6.07 Å². The smallest absolute Gasteiger partial charge is 0.256 e. The highest BCUT2D eigenvalue weighted by Gasteiger charge is 2.14. The Morgan fingerprint density at radius 3 is 2.38 bits per heavy atom. The van der Waals surface area contributed by atoms with Gasteiger partial charge in [-0.3, -0.25) is 4.79 Å². The summed E-state index contributed by atoms with van der Waals surface area (Å²) in [5.74, 6) is -2.30. The number of halogens is 3. The van der Waals surface area contributed by atoms with E-state index in [-0.39, 0.29) is 11.3 Å². The van der Waals surface area contributed by atoms with Crippen molar-refractivity contribution in [3.8, 4) is 5.75 Å². The van der Waals surface area contributed by atoms with Crippen LogP contribution in [0.15, 0.2) is 12.1 Å². The molecule has 70 valence electrons. The van der Waals surface area contributed by atoms with E-state index in [1.54, 1.807) is 0 Å². The van der Waals surface area contributed by atoms with Crippen LogP contribution in [-0.4, -0.2) is 12.4 Å². The lowest BCUT2D eigenvalue weighted by Gasteiger charge is -2.04. The van der Waals surface area contributed by atoms with Crippen molar-refractivity contribution in [2.24, 2.45) is 0 Å². The van der Waals surface area contributed by atoms with Gasteiger partial charge in [0.25, 0.3) is 5.24 Å². The number of carbonyl (C=O) groups is 1. The van der Waals surface area contributed by atoms with Crippen LogP contribution in [0.1, 0.15) is 10.4 Å². The molecule has 13 heavy (non-hydrogen) atoms. The van der Waals surface area contributed by atoms with Gasteiger partial charge in [-0.1, -0.05) is 0 Å². The Kier molecular flexibility index (Phi) is 2.83. The van der Waals surface area contributed by atoms with Crippen molar-refractivity contribution >= 4 is 16.8 Å². The lowest BCUT2D eigenvalue weighted by atomic mass is 10.2. The van der Waals surface area contributed by atoms with E-state index in [1.165, 1.54) is 7.11 Å². The standard InChI is InChI=1S/C8H5ClF2O2/c1-13-7-3-6(11)5(10)2-4(7)8(9)12/h2-3H,1H3. The number of hydrogen-bond donors (Lipinski definition) is 0. The van der Waals surface area contributed by atoms with Crippen molar-refractivity contribution in [1.29, 1.82) is 0 Å². The Labute approximate surface area is 78.1 Å². The van der Waals surface area contributed by atoms with Gasteiger partial charge >= 0.3 is 0 Å². The summed E-state index contributed by atoms with van der Waals surface area (Å²) in [5.41, 5.74) is -0.192. The SMILES string of the molecule is COc1cc(F)c(F)cc1C(=O)Cl. The lowest BCUT2D eigenvalue weighted by molar-refractivity contribution is 0.107. The van der Waals surface area contributed by atoms with Crippen LogP contribution >= 0.6 is 11.6 Å². The molecule has 1 aromatic rings. The molecule has 0 unspecified atom stereocenters. The van der Waals surface area contributed by atoms with Crippen LogP contribution in [0.4, 0.5) is 8.78 Å². The molecule has 0 atom stereocenters. The fraction of sp³-hybridized carbons (Fsp3) is 0.125. The largest absolute Gasteiger partial charge is 0.496 e. The molecule has 0 saturated heterocycles. The van der Waals surface area contributed by atoms with Crippen LogP contribution in [0.5, 0.6) is 5.75 Å². The number of ether oxygens (including phenoxy) is 1. The summed E-state index contributed by atoms with van der Waals surface area (Å²) < 4.78 is 29.8. The molecule has 0 heterocycles. The summed E-state index contributed by atoms with van der Waals surface area (Å²) in [4.78, 5) is 10.7. The maximum atomic E-state index is 12.6. The van der Waals surface area contributed by atoms with Crippen molar-refractivity contribution in [3.63, 3.8) is 0 Å². The van der Waals surface area contributed by atoms with Crippen molar-refractivity contribution in [2.45, 2.75) is 0 Å². The fourth-order valence-corrected chi connectivity index (χ4v) is 0.999. The second-order valence-electron chi connectivity index (χ2n) is 2.24. The van der Waals surface area contributed by atoms with Crippen LogP contribution in [0.3, 0.4) is 0 Å². The van der Waals surface area contributed by atoms with Gasteiger partial charge in [-0.05, 0) is 17.7 Å². The first-order chi connectivity index (χ1) is 6.06. The zero-order chi connectivity index (χ0) is 10.0. The monoisotopic (exact) mass is 206 g/mol. The van der Waals surface area contributed by atoms with Gasteiger partial charge in [-0.25, -0.2) is 8.78 Å². The van der Waals surface area contributed by atoms with Crippen LogP contribution in [0.2, 0.25) is 0 Å². The molecular formula is C8H5ClF2O2. The normalized spacial score (nSPS) is 9.85. The van der Waals surface area contributed by atoms with Crippen LogP contribution in [-0.2, 0) is 0 Å². The van der Waals surface area contributed by atoms with E-state index >= 15 is 0 Å². The first-order valence-corrected chi connectivity index (χ1v) is 3.67. The number of hydrogen-bond acceptors (Lipinski definition) is 2. The van der Waals surface area contributed by atoms with Crippen molar-refractivity contribution < 1.29 is 18.3 Å². The molecule has 0 radical (unpaired) electrons. The van der Waals surface area contributed by atoms with E-state index in [2.05, 4.69) is 4.74 Å². The van der Waals surface area contributed by atoms with E-state index in [1.807, 2.05) is 0 Å². The summed E-state index contributed by atoms with van der Waals surface area (Å²) in [7, 11) is 1.23. The first kappa shape index (κ1) is 9.92. The molecule has 0 aromatic heterocycles. The third-order valence-electron chi connectivity index (χ3n) is 1.45. The minimum absolute atomic E-state index is 0.0844. The van der Waals surface area contributed by atoms with Crippen LogP contribution in [0, 0.1) is 11.6 Å². The topological polar surface area (TPSA) is 26.3 Å². The summed E-state index contributed by atoms with van der Waals surface area (Å²) in [6.45, 7) is 0. The Morgan fingerprint density at radius 2 is 1.92 bits per heavy atom. The average molecular weight is 207 g/mol. The molecule has 2 nitrogen and oxygen atoms in total. The summed E-state index contributed by atoms with van der Waals surface area (Å²) >= 11 is 5.10. The van der Waals surface area contributed by atoms with Gasteiger partial charge in [0.1, 0.15) is 5.75 Å². The molecule has 1 rings (SSSR count). The number of rotatable bonds is 2. The maximum Gasteiger partial charge on any atom is 0.256 e. The van der Waals surface area contributed by atoms with E-state index < -0.39 is 16.9 Å². The van der Waals surface area contributed by atoms with Gasteiger partial charge in [0.2, 0.25) is 0 Å². The number of carbonyl (C=O) groups excluding carboxylic acids is 1. The molecule has 0 aliphatic heterocycles. The van der Waals surface area contributed by atoms with Crippen molar-refractivity contribution in [1.82, 2.24) is 0 Å². The van der Waals surface area contributed by atoms with Gasteiger partial charge in [0.05, 0.1) is 12.7 Å². The molecule has 0 spiro atoms. The van der Waals surface area contributed by atoms with Gasteiger partial charge in [0, 0.05) is 6.07 Å². The first-order valence-electron chi connectivity index (χ1n) is 3.29. The fourth-order valence-electron chi connectivity index (χ4n) is 0.851. The van der Waals surface area contributed by atoms with E-state index in [4.69, 9.17) is 11.6 Å². The minimum atomic E-state index is -1.13. The highest BCUT2D eigenvalue weighted by atomic mass is 35.5. The molecule has 0 saturated carbocycles. The van der Waals surface area contributed by atoms with E-state index in [9.17, 15) is 13.6 Å². The molecule has 0 bridgehead atoms. The third-order valence-corrected chi connectivity index (χ3v) is 1.66. The zero-order valence-electron chi connectivity index (χ0n) is 6.61. The van der Waals surface area contributed by atoms with Crippen molar-refractivity contribution in [2.75, 3.05) is 7.11 Å². The van der Waals surface area contributed by atoms with Crippen LogP contribution < -0.4 is 4.74 Å². The highest BCUT2D eigenvalue weighted by molar-refractivity contribution is 6.68. The maximum absolute atomic E-state index is 12.6. The average Bonchev–Trinajstić information content (AvgIpc) is 2.08. The summed E-state index contributed by atoms with van der Waals surface area (Å²) in [6, 6.07) is 1.47. The van der Waals surface area contributed by atoms with Crippen LogP contribution in [0.25, 0.3) is 0 Å².